The summed E-state index contributed by atoms with van der Waals surface area (Å²) in [4.78, 5) is 12.0. The van der Waals surface area contributed by atoms with E-state index >= 15 is 0 Å². The SMILES string of the molecule is O=C(CSc1ccc(-n2cccn2)nn1)c1ccccc1. The summed E-state index contributed by atoms with van der Waals surface area (Å²) in [6, 6.07) is 14.7. The Morgan fingerprint density at radius 1 is 1.05 bits per heavy atom. The Morgan fingerprint density at radius 3 is 2.57 bits per heavy atom. The number of thioether (sulfide) groups is 1. The van der Waals surface area contributed by atoms with E-state index in [1.807, 2.05) is 48.5 Å². The molecule has 0 aliphatic heterocycles. The van der Waals surface area contributed by atoms with Crippen molar-refractivity contribution in [2.24, 2.45) is 0 Å². The second-order valence-corrected chi connectivity index (χ2v) is 5.25. The lowest BCUT2D eigenvalue weighted by molar-refractivity contribution is 0.102. The molecular weight excluding hydrogens is 284 g/mol. The van der Waals surface area contributed by atoms with Crippen LogP contribution in [0.15, 0.2) is 66.0 Å². The van der Waals surface area contributed by atoms with Crippen molar-refractivity contribution in [1.82, 2.24) is 20.0 Å². The van der Waals surface area contributed by atoms with Gasteiger partial charge in [-0.2, -0.15) is 5.10 Å². The maximum absolute atomic E-state index is 12.0. The summed E-state index contributed by atoms with van der Waals surface area (Å²) < 4.78 is 1.64. The Bertz CT molecular complexity index is 711. The second kappa shape index (κ2) is 6.32. The predicted molar refractivity (Wildman–Crippen MR) is 80.7 cm³/mol. The molecule has 104 valence electrons. The van der Waals surface area contributed by atoms with E-state index in [4.69, 9.17) is 0 Å². The van der Waals surface area contributed by atoms with Crippen LogP contribution in [0.25, 0.3) is 5.82 Å². The van der Waals surface area contributed by atoms with Gasteiger partial charge in [-0.25, -0.2) is 4.68 Å². The number of ketones is 1. The average molecular weight is 296 g/mol. The van der Waals surface area contributed by atoms with Crippen molar-refractivity contribution in [3.8, 4) is 5.82 Å². The number of nitrogens with zero attached hydrogens (tertiary/aromatic N) is 4. The van der Waals surface area contributed by atoms with E-state index in [2.05, 4.69) is 15.3 Å². The van der Waals surface area contributed by atoms with Crippen molar-refractivity contribution in [2.75, 3.05) is 5.75 Å². The Hall–Kier alpha value is -2.47. The number of carbonyl (C=O) groups excluding carboxylic acids is 1. The van der Waals surface area contributed by atoms with E-state index in [1.54, 1.807) is 17.1 Å². The number of benzene rings is 1. The highest BCUT2D eigenvalue weighted by atomic mass is 32.2. The third-order valence-corrected chi connectivity index (χ3v) is 3.73. The Morgan fingerprint density at radius 2 is 1.90 bits per heavy atom. The average Bonchev–Trinajstić information content (AvgIpc) is 3.08. The van der Waals surface area contributed by atoms with Crippen LogP contribution in [0.2, 0.25) is 0 Å². The molecule has 0 saturated carbocycles. The van der Waals surface area contributed by atoms with Crippen LogP contribution in [0.4, 0.5) is 0 Å². The maximum atomic E-state index is 12.0. The first-order valence-electron chi connectivity index (χ1n) is 6.38. The molecule has 0 aliphatic carbocycles. The molecule has 0 saturated heterocycles. The minimum atomic E-state index is 0.0820. The highest BCUT2D eigenvalue weighted by Crippen LogP contribution is 2.16. The molecular formula is C15H12N4OS. The Labute approximate surface area is 126 Å². The molecule has 0 atom stereocenters. The number of aromatic nitrogens is 4. The predicted octanol–water partition coefficient (Wildman–Crippen LogP) is 2.64. The smallest absolute Gasteiger partial charge is 0.175 e. The van der Waals surface area contributed by atoms with Crippen LogP contribution in [0.5, 0.6) is 0 Å². The van der Waals surface area contributed by atoms with Crippen LogP contribution < -0.4 is 0 Å². The van der Waals surface area contributed by atoms with E-state index < -0.39 is 0 Å². The molecule has 0 radical (unpaired) electrons. The molecule has 1 aromatic carbocycles. The van der Waals surface area contributed by atoms with Crippen LogP contribution >= 0.6 is 11.8 Å². The first-order chi connectivity index (χ1) is 10.3. The summed E-state index contributed by atoms with van der Waals surface area (Å²) in [6.07, 6.45) is 3.48. The molecule has 21 heavy (non-hydrogen) atoms. The first-order valence-corrected chi connectivity index (χ1v) is 7.36. The fourth-order valence-electron chi connectivity index (χ4n) is 1.76. The number of rotatable bonds is 5. The summed E-state index contributed by atoms with van der Waals surface area (Å²) >= 11 is 1.38. The molecule has 0 spiro atoms. The van der Waals surface area contributed by atoms with Gasteiger partial charge >= 0.3 is 0 Å². The van der Waals surface area contributed by atoms with E-state index in [-0.39, 0.29) is 5.78 Å². The molecule has 0 N–H and O–H groups in total. The lowest BCUT2D eigenvalue weighted by Gasteiger charge is -2.02. The second-order valence-electron chi connectivity index (χ2n) is 4.26. The number of hydrogen-bond donors (Lipinski definition) is 0. The number of hydrogen-bond acceptors (Lipinski definition) is 5. The van der Waals surface area contributed by atoms with Crippen molar-refractivity contribution in [2.45, 2.75) is 5.03 Å². The monoisotopic (exact) mass is 296 g/mol. The summed E-state index contributed by atoms with van der Waals surface area (Å²) in [5.74, 6) is 1.08. The Kier molecular flexibility index (Phi) is 4.07. The molecule has 5 nitrogen and oxygen atoms in total. The lowest BCUT2D eigenvalue weighted by atomic mass is 10.2. The lowest BCUT2D eigenvalue weighted by Crippen LogP contribution is -2.03. The quantitative estimate of drug-likeness (QED) is 0.535. The molecule has 0 amide bonds. The van der Waals surface area contributed by atoms with Crippen LogP contribution in [-0.4, -0.2) is 31.5 Å². The van der Waals surface area contributed by atoms with Gasteiger partial charge in [0.1, 0.15) is 5.03 Å². The fourth-order valence-corrected chi connectivity index (χ4v) is 2.47. The van der Waals surface area contributed by atoms with Gasteiger partial charge in [-0.15, -0.1) is 10.2 Å². The Balaban J connectivity index is 1.62. The molecule has 3 rings (SSSR count). The highest BCUT2D eigenvalue weighted by Gasteiger charge is 2.07. The van der Waals surface area contributed by atoms with E-state index in [0.717, 1.165) is 5.03 Å². The summed E-state index contributed by atoms with van der Waals surface area (Å²) in [5.41, 5.74) is 0.714. The van der Waals surface area contributed by atoms with Gasteiger partial charge in [-0.1, -0.05) is 42.1 Å². The highest BCUT2D eigenvalue weighted by molar-refractivity contribution is 7.99. The molecule has 0 aliphatic rings. The van der Waals surface area contributed by atoms with Crippen LogP contribution in [-0.2, 0) is 0 Å². The maximum Gasteiger partial charge on any atom is 0.175 e. The van der Waals surface area contributed by atoms with Crippen molar-refractivity contribution < 1.29 is 4.79 Å². The van der Waals surface area contributed by atoms with Gasteiger partial charge < -0.3 is 0 Å². The molecule has 2 aromatic heterocycles. The molecule has 6 heteroatoms. The van der Waals surface area contributed by atoms with Gasteiger partial charge in [-0.3, -0.25) is 4.79 Å². The van der Waals surface area contributed by atoms with Crippen LogP contribution in [0.3, 0.4) is 0 Å². The van der Waals surface area contributed by atoms with E-state index in [0.29, 0.717) is 17.1 Å². The zero-order valence-corrected chi connectivity index (χ0v) is 11.9. The molecule has 2 heterocycles. The zero-order valence-electron chi connectivity index (χ0n) is 11.1. The van der Waals surface area contributed by atoms with Crippen LogP contribution in [0, 0.1) is 0 Å². The third kappa shape index (κ3) is 3.35. The van der Waals surface area contributed by atoms with Gasteiger partial charge in [0.2, 0.25) is 0 Å². The summed E-state index contributed by atoms with van der Waals surface area (Å²) in [5, 5.41) is 13.0. The van der Waals surface area contributed by atoms with Gasteiger partial charge in [0, 0.05) is 18.0 Å². The van der Waals surface area contributed by atoms with Crippen molar-refractivity contribution >= 4 is 17.5 Å². The van der Waals surface area contributed by atoms with Gasteiger partial charge in [-0.05, 0) is 18.2 Å². The molecule has 3 aromatic rings. The van der Waals surface area contributed by atoms with Crippen molar-refractivity contribution in [1.29, 1.82) is 0 Å². The van der Waals surface area contributed by atoms with Crippen molar-refractivity contribution in [3.63, 3.8) is 0 Å². The zero-order chi connectivity index (χ0) is 14.5. The fraction of sp³-hybridized carbons (Fsp3) is 0.0667. The molecule has 0 unspecified atom stereocenters. The normalized spacial score (nSPS) is 10.5. The topological polar surface area (TPSA) is 60.7 Å². The van der Waals surface area contributed by atoms with E-state index in [9.17, 15) is 4.79 Å². The number of carbonyl (C=O) groups is 1. The van der Waals surface area contributed by atoms with Crippen LogP contribution in [0.1, 0.15) is 10.4 Å². The standard InChI is InChI=1S/C15H12N4OS/c20-13(12-5-2-1-3-6-12)11-21-15-8-7-14(17-18-15)19-10-4-9-16-19/h1-10H,11H2. The van der Waals surface area contributed by atoms with Gasteiger partial charge in [0.15, 0.2) is 11.6 Å². The minimum Gasteiger partial charge on any atom is -0.293 e. The van der Waals surface area contributed by atoms with Gasteiger partial charge in [0.25, 0.3) is 0 Å². The minimum absolute atomic E-state index is 0.0820. The number of Topliss-reactive ketones (excluding diaryl/α,β-unsaturated/α-hetero) is 1. The first kappa shape index (κ1) is 13.5. The van der Waals surface area contributed by atoms with E-state index in [1.165, 1.54) is 11.8 Å². The molecule has 0 fully saturated rings. The largest absolute Gasteiger partial charge is 0.293 e. The summed E-state index contributed by atoms with van der Waals surface area (Å²) in [6.45, 7) is 0. The van der Waals surface area contributed by atoms with Crippen molar-refractivity contribution in [3.05, 3.63) is 66.5 Å². The molecule has 0 bridgehead atoms. The van der Waals surface area contributed by atoms with Gasteiger partial charge in [0.05, 0.1) is 5.75 Å². The third-order valence-electron chi connectivity index (χ3n) is 2.81. The summed E-state index contributed by atoms with van der Waals surface area (Å²) in [7, 11) is 0.